The van der Waals surface area contributed by atoms with Gasteiger partial charge in [-0.3, -0.25) is 9.05 Å². The van der Waals surface area contributed by atoms with Gasteiger partial charge >= 0.3 is 13.9 Å². The van der Waals surface area contributed by atoms with Crippen LogP contribution in [0.15, 0.2) is 0 Å². The van der Waals surface area contributed by atoms with Crippen LogP contribution in [0.3, 0.4) is 0 Å². The monoisotopic (exact) mass is 540 g/mol. The number of ether oxygens (including phenoxy) is 2. The minimum absolute atomic E-state index is 0.0853. The molecule has 1 amide bonds. The fraction of sp³-hybridized carbons (Fsp3) is 0.962. The van der Waals surface area contributed by atoms with Crippen LogP contribution >= 0.6 is 7.82 Å². The molecule has 0 rings (SSSR count). The fourth-order valence-corrected chi connectivity index (χ4v) is 4.39. The molecule has 216 valence electrons. The van der Waals surface area contributed by atoms with Crippen LogP contribution in [0.1, 0.15) is 96.8 Å². The molecular weight excluding hydrogens is 484 g/mol. The number of methoxy groups -OCH3 is 1. The lowest BCUT2D eigenvalue weighted by atomic mass is 10.0. The van der Waals surface area contributed by atoms with Crippen molar-refractivity contribution in [1.82, 2.24) is 5.32 Å². The Kier molecular flexibility index (Phi) is 21.9. The number of hydrogen-bond donors (Lipinski definition) is 2. The van der Waals surface area contributed by atoms with E-state index in [1.807, 2.05) is 21.1 Å². The molecule has 0 aromatic rings. The second-order valence-electron chi connectivity index (χ2n) is 10.6. The first-order chi connectivity index (χ1) is 17.1. The van der Waals surface area contributed by atoms with Crippen molar-refractivity contribution in [3.63, 3.8) is 0 Å². The standard InChI is InChI=1S/C26H55N2O7P/c1-6-7-8-9-10-11-12-13-14-15-16-17-18-19-21-33-23-25(27-26(29)32-5)24-35-36(30,31)34-22-20-28(2,3)4/h25H,6-24H2,1-5H3,(H-,27,29,30,31)/p+1/t25-/m1/s1/i36+1. The van der Waals surface area contributed by atoms with Crippen LogP contribution in [-0.4, -0.2) is 82.7 Å². The molecule has 9 nitrogen and oxygen atoms in total. The van der Waals surface area contributed by atoms with Gasteiger partial charge < -0.3 is 24.2 Å². The molecule has 0 aromatic carbocycles. The number of rotatable bonds is 25. The Morgan fingerprint density at radius 3 is 1.78 bits per heavy atom. The van der Waals surface area contributed by atoms with Gasteiger partial charge in [-0.05, 0) is 6.42 Å². The molecule has 0 saturated carbocycles. The van der Waals surface area contributed by atoms with Gasteiger partial charge in [0.2, 0.25) is 0 Å². The van der Waals surface area contributed by atoms with Crippen molar-refractivity contribution in [3.8, 4) is 0 Å². The molecule has 0 fully saturated rings. The number of nitrogens with zero attached hydrogens (tertiary/aromatic N) is 1. The first-order valence-corrected chi connectivity index (χ1v) is 15.4. The van der Waals surface area contributed by atoms with E-state index in [-0.39, 0.29) is 19.8 Å². The number of amides is 1. The molecule has 2 atom stereocenters. The van der Waals surface area contributed by atoms with Crippen molar-refractivity contribution < 1.29 is 37.3 Å². The lowest BCUT2D eigenvalue weighted by Gasteiger charge is -2.24. The van der Waals surface area contributed by atoms with E-state index in [1.54, 1.807) is 0 Å². The summed E-state index contributed by atoms with van der Waals surface area (Å²) in [7, 11) is 2.91. The number of hydrogen-bond acceptors (Lipinski definition) is 6. The van der Waals surface area contributed by atoms with E-state index in [0.717, 1.165) is 12.8 Å². The van der Waals surface area contributed by atoms with Crippen molar-refractivity contribution >= 4 is 13.9 Å². The Balaban J connectivity index is 3.88. The van der Waals surface area contributed by atoms with Crippen LogP contribution in [-0.2, 0) is 23.1 Å². The van der Waals surface area contributed by atoms with Crippen LogP contribution < -0.4 is 5.32 Å². The summed E-state index contributed by atoms with van der Waals surface area (Å²) in [6.45, 7) is 3.41. The highest BCUT2D eigenvalue weighted by atomic mass is 32.2. The predicted octanol–water partition coefficient (Wildman–Crippen LogP) is 6.05. The van der Waals surface area contributed by atoms with Gasteiger partial charge in [-0.15, -0.1) is 0 Å². The number of carbonyl (C=O) groups is 1. The van der Waals surface area contributed by atoms with E-state index in [4.69, 9.17) is 13.8 Å². The number of unbranched alkanes of at least 4 members (excludes halogenated alkanes) is 13. The van der Waals surface area contributed by atoms with Crippen molar-refractivity contribution in [2.24, 2.45) is 0 Å². The van der Waals surface area contributed by atoms with Crippen molar-refractivity contribution in [2.75, 3.05) is 61.2 Å². The first kappa shape index (κ1) is 35.3. The molecule has 1 unspecified atom stereocenters. The van der Waals surface area contributed by atoms with E-state index in [9.17, 15) is 14.3 Å². The molecule has 0 aliphatic heterocycles. The largest absolute Gasteiger partial charge is 0.472 e. The summed E-state index contributed by atoms with van der Waals surface area (Å²) < 4.78 is 33.1. The third-order valence-electron chi connectivity index (χ3n) is 5.92. The van der Waals surface area contributed by atoms with Gasteiger partial charge in [0.05, 0.1) is 47.5 Å². The highest BCUT2D eigenvalue weighted by Gasteiger charge is 2.25. The number of alkyl carbamates (subject to hydrolysis) is 1. The third-order valence-corrected chi connectivity index (χ3v) is 6.91. The van der Waals surface area contributed by atoms with Gasteiger partial charge in [-0.25, -0.2) is 9.36 Å². The zero-order chi connectivity index (χ0) is 27.1. The second-order valence-corrected chi connectivity index (χ2v) is 12.1. The van der Waals surface area contributed by atoms with Gasteiger partial charge in [0.25, 0.3) is 0 Å². The molecule has 0 bridgehead atoms. The van der Waals surface area contributed by atoms with E-state index in [0.29, 0.717) is 17.6 Å². The number of quaternary nitrogens is 1. The molecule has 0 aliphatic carbocycles. The summed E-state index contributed by atoms with van der Waals surface area (Å²) in [6, 6.07) is -0.619. The Morgan fingerprint density at radius 2 is 1.31 bits per heavy atom. The molecular formula is C26H56N2O7P+. The molecule has 0 aromatic heterocycles. The predicted molar refractivity (Wildman–Crippen MR) is 145 cm³/mol. The molecule has 0 aliphatic rings. The van der Waals surface area contributed by atoms with Crippen LogP contribution in [0.5, 0.6) is 0 Å². The quantitative estimate of drug-likeness (QED) is 0.0825. The topological polar surface area (TPSA) is 103 Å². The molecule has 0 heterocycles. The molecule has 2 N–H and O–H groups in total. The van der Waals surface area contributed by atoms with Crippen LogP contribution in [0.2, 0.25) is 0 Å². The first-order valence-electron chi connectivity index (χ1n) is 13.9. The second kappa shape index (κ2) is 22.3. The van der Waals surface area contributed by atoms with E-state index in [2.05, 4.69) is 17.0 Å². The van der Waals surface area contributed by atoms with E-state index in [1.165, 1.54) is 84.2 Å². The SMILES string of the molecule is CCCCCCCCCCCCCCCCOC[C@H](CO[32P](=O)(O)OCC[N+](C)(C)C)NC(=O)OC. The zero-order valence-electron chi connectivity index (χ0n) is 23.8. The minimum atomic E-state index is -4.22. The number of phosphoric ester groups is 1. The van der Waals surface area contributed by atoms with Gasteiger partial charge in [-0.1, -0.05) is 90.4 Å². The Bertz CT molecular complexity index is 573. The minimum Gasteiger partial charge on any atom is -0.453 e. The summed E-state index contributed by atoms with van der Waals surface area (Å²) in [5, 5.41) is 2.57. The van der Waals surface area contributed by atoms with Crippen molar-refractivity contribution in [1.29, 1.82) is 0 Å². The van der Waals surface area contributed by atoms with Gasteiger partial charge in [-0.2, -0.15) is 0 Å². The fourth-order valence-electron chi connectivity index (χ4n) is 3.63. The average Bonchev–Trinajstić information content (AvgIpc) is 2.81. The maximum absolute atomic E-state index is 12.1. The lowest BCUT2D eigenvalue weighted by molar-refractivity contribution is -0.870. The third kappa shape index (κ3) is 25.0. The molecule has 0 spiro atoms. The smallest absolute Gasteiger partial charge is 0.453 e. The van der Waals surface area contributed by atoms with Gasteiger partial charge in [0.15, 0.2) is 0 Å². The Hall–Kier alpha value is -0.700. The highest BCUT2D eigenvalue weighted by Crippen LogP contribution is 2.43. The number of likely N-dealkylation sites (N-methyl/N-ethyl adjacent to an activating group) is 1. The van der Waals surface area contributed by atoms with Gasteiger partial charge in [0, 0.05) is 6.61 Å². The average molecular weight is 541 g/mol. The number of nitrogens with one attached hydrogen (secondary N) is 1. The summed E-state index contributed by atoms with van der Waals surface area (Å²) in [5.74, 6) is 0. The zero-order valence-corrected chi connectivity index (χ0v) is 24.7. The molecule has 10 heteroatoms. The van der Waals surface area contributed by atoms with E-state index < -0.39 is 20.0 Å². The molecule has 0 saturated heterocycles. The van der Waals surface area contributed by atoms with Crippen LogP contribution in [0, 0.1) is 0 Å². The summed E-state index contributed by atoms with van der Waals surface area (Å²) in [5.41, 5.74) is 0. The summed E-state index contributed by atoms with van der Waals surface area (Å²) in [4.78, 5) is 21.5. The van der Waals surface area contributed by atoms with Crippen LogP contribution in [0.4, 0.5) is 4.79 Å². The summed E-state index contributed by atoms with van der Waals surface area (Å²) in [6.07, 6.45) is 17.5. The van der Waals surface area contributed by atoms with Gasteiger partial charge in [0.1, 0.15) is 13.2 Å². The maximum atomic E-state index is 12.1. The lowest BCUT2D eigenvalue weighted by Crippen LogP contribution is -2.41. The maximum Gasteiger partial charge on any atom is 0.472 e. The summed E-state index contributed by atoms with van der Waals surface area (Å²) >= 11 is 0. The van der Waals surface area contributed by atoms with Crippen molar-refractivity contribution in [2.45, 2.75) is 103 Å². The van der Waals surface area contributed by atoms with E-state index >= 15 is 0 Å². The van der Waals surface area contributed by atoms with Crippen LogP contribution in [0.25, 0.3) is 0 Å². The normalized spacial score (nSPS) is 14.4. The molecule has 36 heavy (non-hydrogen) atoms. The highest BCUT2D eigenvalue weighted by molar-refractivity contribution is 7.47. The Morgan fingerprint density at radius 1 is 0.806 bits per heavy atom. The number of phosphoric acid groups is 1. The number of carbonyl (C=O) groups excluding carboxylic acids is 1. The Labute approximate surface area is 220 Å². The molecule has 0 radical (unpaired) electrons. The van der Waals surface area contributed by atoms with Crippen molar-refractivity contribution in [3.05, 3.63) is 0 Å².